The molecule has 2 aromatic rings. The van der Waals surface area contributed by atoms with Crippen LogP contribution in [0.1, 0.15) is 23.8 Å². The maximum atomic E-state index is 12.1. The van der Waals surface area contributed by atoms with E-state index < -0.39 is 0 Å². The second-order valence-electron chi connectivity index (χ2n) is 4.31. The Bertz CT molecular complexity index is 631. The van der Waals surface area contributed by atoms with Gasteiger partial charge in [0.15, 0.2) is 5.69 Å². The molecular weight excluding hydrogens is 400 g/mol. The molecule has 5 nitrogen and oxygen atoms in total. The number of anilines is 2. The Morgan fingerprint density at radius 1 is 1.19 bits per heavy atom. The molecule has 1 aromatic heterocycles. The molecule has 0 aliphatic heterocycles. The highest BCUT2D eigenvalue weighted by Gasteiger charge is 2.10. The van der Waals surface area contributed by atoms with Crippen LogP contribution in [0.3, 0.4) is 0 Å². The molecule has 0 saturated carbocycles. The number of benzene rings is 1. The highest BCUT2D eigenvalue weighted by molar-refractivity contribution is 9.11. The van der Waals surface area contributed by atoms with Crippen LogP contribution < -0.4 is 10.6 Å². The van der Waals surface area contributed by atoms with Gasteiger partial charge in [0.25, 0.3) is 5.91 Å². The van der Waals surface area contributed by atoms with Gasteiger partial charge in [-0.2, -0.15) is 0 Å². The van der Waals surface area contributed by atoms with Crippen molar-refractivity contribution in [1.29, 1.82) is 0 Å². The third-order valence-electron chi connectivity index (χ3n) is 2.63. The highest BCUT2D eigenvalue weighted by atomic mass is 79.9. The van der Waals surface area contributed by atoms with Gasteiger partial charge in [0, 0.05) is 15.5 Å². The quantitative estimate of drug-likeness (QED) is 0.774. The zero-order valence-corrected chi connectivity index (χ0v) is 14.5. The third kappa shape index (κ3) is 4.50. The van der Waals surface area contributed by atoms with Gasteiger partial charge in [-0.3, -0.25) is 4.79 Å². The van der Waals surface area contributed by atoms with Crippen molar-refractivity contribution in [3.63, 3.8) is 0 Å². The number of nitrogens with zero attached hydrogens (tertiary/aromatic N) is 2. The molecule has 1 heterocycles. The third-order valence-corrected chi connectivity index (χ3v) is 3.81. The maximum absolute atomic E-state index is 12.1. The Morgan fingerprint density at radius 3 is 2.67 bits per heavy atom. The first kappa shape index (κ1) is 15.9. The maximum Gasteiger partial charge on any atom is 0.276 e. The van der Waals surface area contributed by atoms with Crippen LogP contribution in [0.25, 0.3) is 0 Å². The monoisotopic (exact) mass is 412 g/mol. The second-order valence-corrected chi connectivity index (χ2v) is 6.08. The summed E-state index contributed by atoms with van der Waals surface area (Å²) in [6.45, 7) is 2.89. The van der Waals surface area contributed by atoms with E-state index in [9.17, 15) is 4.79 Å². The molecule has 0 unspecified atom stereocenters. The standard InChI is InChI=1S/C14H14Br2N4O/c1-2-7-17-13-6-5-11(19-20-13)14(21)18-12-8-9(15)3-4-10(12)16/h3-6,8H,2,7H2,1H3,(H,17,20)(H,18,21). The fraction of sp³-hybridized carbons (Fsp3) is 0.214. The smallest absolute Gasteiger partial charge is 0.276 e. The fourth-order valence-corrected chi connectivity index (χ4v) is 2.29. The first-order valence-electron chi connectivity index (χ1n) is 6.44. The SMILES string of the molecule is CCCNc1ccc(C(=O)Nc2cc(Br)ccc2Br)nn1. The van der Waals surface area contributed by atoms with E-state index in [1.165, 1.54) is 0 Å². The lowest BCUT2D eigenvalue weighted by Gasteiger charge is -2.08. The van der Waals surface area contributed by atoms with Crippen molar-refractivity contribution in [2.45, 2.75) is 13.3 Å². The lowest BCUT2D eigenvalue weighted by atomic mass is 10.3. The minimum Gasteiger partial charge on any atom is -0.369 e. The van der Waals surface area contributed by atoms with E-state index in [-0.39, 0.29) is 11.6 Å². The number of rotatable bonds is 5. The molecule has 0 radical (unpaired) electrons. The van der Waals surface area contributed by atoms with Gasteiger partial charge >= 0.3 is 0 Å². The zero-order chi connectivity index (χ0) is 15.2. The Hall–Kier alpha value is -1.47. The number of carbonyl (C=O) groups is 1. The van der Waals surface area contributed by atoms with Gasteiger partial charge in [-0.15, -0.1) is 10.2 Å². The van der Waals surface area contributed by atoms with Crippen LogP contribution in [0.2, 0.25) is 0 Å². The van der Waals surface area contributed by atoms with Crippen molar-refractivity contribution < 1.29 is 4.79 Å². The molecule has 21 heavy (non-hydrogen) atoms. The van der Waals surface area contributed by atoms with E-state index >= 15 is 0 Å². The summed E-state index contributed by atoms with van der Waals surface area (Å²) in [4.78, 5) is 12.1. The van der Waals surface area contributed by atoms with Crippen LogP contribution in [0.4, 0.5) is 11.5 Å². The van der Waals surface area contributed by atoms with Crippen LogP contribution in [0.15, 0.2) is 39.3 Å². The Balaban J connectivity index is 2.07. The van der Waals surface area contributed by atoms with Crippen LogP contribution in [0.5, 0.6) is 0 Å². The summed E-state index contributed by atoms with van der Waals surface area (Å²) in [5.41, 5.74) is 0.938. The average Bonchev–Trinajstić information content (AvgIpc) is 2.49. The second kappa shape index (κ2) is 7.51. The van der Waals surface area contributed by atoms with E-state index in [0.717, 1.165) is 21.9 Å². The minimum atomic E-state index is -0.302. The van der Waals surface area contributed by atoms with Gasteiger partial charge in [-0.05, 0) is 52.7 Å². The Labute approximate surface area is 139 Å². The number of carbonyl (C=O) groups excluding carboxylic acids is 1. The number of amides is 1. The molecular formula is C14H14Br2N4O. The van der Waals surface area contributed by atoms with Gasteiger partial charge < -0.3 is 10.6 Å². The molecule has 1 amide bonds. The summed E-state index contributed by atoms with van der Waals surface area (Å²) in [7, 11) is 0. The predicted octanol–water partition coefficient (Wildman–Crippen LogP) is 4.08. The molecule has 2 rings (SSSR count). The van der Waals surface area contributed by atoms with Crippen LogP contribution in [-0.4, -0.2) is 22.6 Å². The molecule has 1 aromatic carbocycles. The lowest BCUT2D eigenvalue weighted by molar-refractivity contribution is 0.102. The van der Waals surface area contributed by atoms with Crippen molar-refractivity contribution in [2.75, 3.05) is 17.2 Å². The molecule has 0 spiro atoms. The zero-order valence-electron chi connectivity index (χ0n) is 11.4. The van der Waals surface area contributed by atoms with Gasteiger partial charge in [0.05, 0.1) is 5.69 Å². The van der Waals surface area contributed by atoms with Gasteiger partial charge in [-0.25, -0.2) is 0 Å². The molecule has 0 bridgehead atoms. The average molecular weight is 414 g/mol. The molecule has 110 valence electrons. The summed E-state index contributed by atoms with van der Waals surface area (Å²) in [5.74, 6) is 0.361. The number of nitrogens with one attached hydrogen (secondary N) is 2. The summed E-state index contributed by atoms with van der Waals surface area (Å²) in [5, 5.41) is 13.8. The van der Waals surface area contributed by atoms with E-state index in [4.69, 9.17) is 0 Å². The van der Waals surface area contributed by atoms with Gasteiger partial charge in [-0.1, -0.05) is 22.9 Å². The summed E-state index contributed by atoms with van der Waals surface area (Å²) >= 11 is 6.76. The first-order chi connectivity index (χ1) is 10.1. The van der Waals surface area contributed by atoms with Crippen LogP contribution >= 0.6 is 31.9 Å². The highest BCUT2D eigenvalue weighted by Crippen LogP contribution is 2.26. The minimum absolute atomic E-state index is 0.268. The van der Waals surface area contributed by atoms with Crippen molar-refractivity contribution in [1.82, 2.24) is 10.2 Å². The summed E-state index contributed by atoms with van der Waals surface area (Å²) in [6, 6.07) is 8.93. The molecule has 0 atom stereocenters. The largest absolute Gasteiger partial charge is 0.369 e. The van der Waals surface area contributed by atoms with Crippen LogP contribution in [-0.2, 0) is 0 Å². The van der Waals surface area contributed by atoms with Crippen molar-refractivity contribution in [3.8, 4) is 0 Å². The lowest BCUT2D eigenvalue weighted by Crippen LogP contribution is -2.15. The topological polar surface area (TPSA) is 66.9 Å². The van der Waals surface area contributed by atoms with Crippen molar-refractivity contribution >= 4 is 49.3 Å². The molecule has 0 aliphatic rings. The summed E-state index contributed by atoms with van der Waals surface area (Å²) < 4.78 is 1.68. The van der Waals surface area contributed by atoms with Crippen molar-refractivity contribution in [2.24, 2.45) is 0 Å². The van der Waals surface area contributed by atoms with E-state index in [1.807, 2.05) is 18.2 Å². The van der Waals surface area contributed by atoms with Gasteiger partial charge in [0.2, 0.25) is 0 Å². The number of aromatic nitrogens is 2. The molecule has 0 saturated heterocycles. The van der Waals surface area contributed by atoms with Crippen LogP contribution in [0, 0.1) is 0 Å². The number of hydrogen-bond acceptors (Lipinski definition) is 4. The van der Waals surface area contributed by atoms with Crippen molar-refractivity contribution in [3.05, 3.63) is 45.0 Å². The van der Waals surface area contributed by atoms with Gasteiger partial charge in [0.1, 0.15) is 5.82 Å². The molecule has 0 fully saturated rings. The van der Waals surface area contributed by atoms with E-state index in [0.29, 0.717) is 11.5 Å². The first-order valence-corrected chi connectivity index (χ1v) is 8.02. The molecule has 7 heteroatoms. The molecule has 2 N–H and O–H groups in total. The van der Waals surface area contributed by atoms with E-state index in [1.54, 1.807) is 12.1 Å². The number of hydrogen-bond donors (Lipinski definition) is 2. The molecule has 0 aliphatic carbocycles. The number of halogens is 2. The Kier molecular flexibility index (Phi) is 5.69. The summed E-state index contributed by atoms with van der Waals surface area (Å²) in [6.07, 6.45) is 1.00. The normalized spacial score (nSPS) is 10.2. The fourth-order valence-electron chi connectivity index (χ4n) is 1.58. The predicted molar refractivity (Wildman–Crippen MR) is 90.6 cm³/mol. The Morgan fingerprint density at radius 2 is 2.00 bits per heavy atom. The van der Waals surface area contributed by atoms with E-state index in [2.05, 4.69) is 59.6 Å².